The molecule has 0 spiro atoms. The molecule has 0 atom stereocenters. The van der Waals surface area contributed by atoms with Gasteiger partial charge in [0.2, 0.25) is 4.34 Å². The number of thiazole rings is 1. The SMILES string of the molecule is CC(C)c1csc(S(=O)(=O)Cl)n1. The summed E-state index contributed by atoms with van der Waals surface area (Å²) in [5.41, 5.74) is 0.763. The van der Waals surface area contributed by atoms with E-state index in [0.29, 0.717) is 0 Å². The van der Waals surface area contributed by atoms with Crippen LogP contribution in [0, 0.1) is 0 Å². The molecule has 1 heterocycles. The highest BCUT2D eigenvalue weighted by molar-refractivity contribution is 8.14. The molecule has 0 N–H and O–H groups in total. The summed E-state index contributed by atoms with van der Waals surface area (Å²) in [5, 5.41) is 1.71. The molecule has 0 saturated carbocycles. The Morgan fingerprint density at radius 2 is 2.17 bits per heavy atom. The minimum absolute atomic E-state index is 0.0205. The van der Waals surface area contributed by atoms with Crippen LogP contribution in [0.1, 0.15) is 25.5 Å². The van der Waals surface area contributed by atoms with E-state index in [9.17, 15) is 8.42 Å². The smallest absolute Gasteiger partial charge is 0.229 e. The van der Waals surface area contributed by atoms with Gasteiger partial charge in [-0.1, -0.05) is 13.8 Å². The lowest BCUT2D eigenvalue weighted by atomic mass is 10.2. The largest absolute Gasteiger partial charge is 0.288 e. The third-order valence-electron chi connectivity index (χ3n) is 1.30. The van der Waals surface area contributed by atoms with Crippen LogP contribution in [0.15, 0.2) is 9.72 Å². The Kier molecular flexibility index (Phi) is 2.75. The topological polar surface area (TPSA) is 47.0 Å². The van der Waals surface area contributed by atoms with Crippen LogP contribution >= 0.6 is 22.0 Å². The van der Waals surface area contributed by atoms with Crippen molar-refractivity contribution < 1.29 is 8.42 Å². The molecule has 0 bridgehead atoms. The Hall–Kier alpha value is -0.130. The first-order valence-corrected chi connectivity index (χ1v) is 6.50. The zero-order valence-electron chi connectivity index (χ0n) is 6.61. The van der Waals surface area contributed by atoms with E-state index in [2.05, 4.69) is 4.98 Å². The van der Waals surface area contributed by atoms with E-state index in [4.69, 9.17) is 10.7 Å². The van der Waals surface area contributed by atoms with E-state index in [1.807, 2.05) is 13.8 Å². The number of hydrogen-bond acceptors (Lipinski definition) is 4. The molecule has 0 radical (unpaired) electrons. The fraction of sp³-hybridized carbons (Fsp3) is 0.500. The Labute approximate surface area is 79.8 Å². The van der Waals surface area contributed by atoms with Gasteiger partial charge in [-0.15, -0.1) is 11.3 Å². The Bertz CT molecular complexity index is 369. The maximum absolute atomic E-state index is 10.8. The van der Waals surface area contributed by atoms with Crippen molar-refractivity contribution >= 4 is 31.1 Å². The first-order chi connectivity index (χ1) is 5.41. The van der Waals surface area contributed by atoms with Crippen molar-refractivity contribution in [2.24, 2.45) is 0 Å². The molecule has 0 aromatic carbocycles. The van der Waals surface area contributed by atoms with Gasteiger partial charge in [-0.2, -0.15) is 0 Å². The van der Waals surface area contributed by atoms with Crippen molar-refractivity contribution in [3.8, 4) is 0 Å². The first-order valence-electron chi connectivity index (χ1n) is 3.31. The van der Waals surface area contributed by atoms with Gasteiger partial charge in [-0.05, 0) is 5.92 Å². The molecular formula is C6H8ClNO2S2. The Morgan fingerprint density at radius 3 is 2.42 bits per heavy atom. The molecule has 0 saturated heterocycles. The maximum Gasteiger partial charge on any atom is 0.288 e. The molecular weight excluding hydrogens is 218 g/mol. The summed E-state index contributed by atoms with van der Waals surface area (Å²) in [5.74, 6) is 0.230. The zero-order valence-corrected chi connectivity index (χ0v) is 9.00. The number of halogens is 1. The fourth-order valence-corrected chi connectivity index (χ4v) is 2.60. The number of nitrogens with zero attached hydrogens (tertiary/aromatic N) is 1. The van der Waals surface area contributed by atoms with E-state index in [-0.39, 0.29) is 10.3 Å². The van der Waals surface area contributed by atoms with E-state index in [1.165, 1.54) is 0 Å². The van der Waals surface area contributed by atoms with Crippen molar-refractivity contribution in [1.82, 2.24) is 4.98 Å². The predicted molar refractivity (Wildman–Crippen MR) is 49.2 cm³/mol. The highest BCUT2D eigenvalue weighted by atomic mass is 35.7. The van der Waals surface area contributed by atoms with Gasteiger partial charge in [-0.3, -0.25) is 0 Å². The van der Waals surface area contributed by atoms with Crippen LogP contribution < -0.4 is 0 Å². The highest BCUT2D eigenvalue weighted by Gasteiger charge is 2.15. The van der Waals surface area contributed by atoms with Crippen LogP contribution in [-0.2, 0) is 9.05 Å². The quantitative estimate of drug-likeness (QED) is 0.725. The number of rotatable bonds is 2. The molecule has 0 unspecified atom stereocenters. The molecule has 0 amide bonds. The van der Waals surface area contributed by atoms with Gasteiger partial charge in [0.1, 0.15) is 0 Å². The summed E-state index contributed by atoms with van der Waals surface area (Å²) >= 11 is 1.05. The van der Waals surface area contributed by atoms with Crippen LogP contribution in [0.4, 0.5) is 0 Å². The minimum Gasteiger partial charge on any atom is -0.229 e. The molecule has 1 rings (SSSR count). The summed E-state index contributed by atoms with van der Waals surface area (Å²) in [6.07, 6.45) is 0. The predicted octanol–water partition coefficient (Wildman–Crippen LogP) is 2.19. The van der Waals surface area contributed by atoms with E-state index in [1.54, 1.807) is 5.38 Å². The van der Waals surface area contributed by atoms with Crippen molar-refractivity contribution in [3.63, 3.8) is 0 Å². The Morgan fingerprint density at radius 1 is 1.58 bits per heavy atom. The van der Waals surface area contributed by atoms with Crippen LogP contribution in [0.5, 0.6) is 0 Å². The van der Waals surface area contributed by atoms with Crippen molar-refractivity contribution in [1.29, 1.82) is 0 Å². The average molecular weight is 226 g/mol. The molecule has 12 heavy (non-hydrogen) atoms. The molecule has 1 aromatic rings. The summed E-state index contributed by atoms with van der Waals surface area (Å²) in [7, 11) is 1.46. The van der Waals surface area contributed by atoms with Gasteiger partial charge in [0.25, 0.3) is 9.05 Å². The summed E-state index contributed by atoms with van der Waals surface area (Å²) in [4.78, 5) is 3.88. The minimum atomic E-state index is -3.64. The van der Waals surface area contributed by atoms with E-state index in [0.717, 1.165) is 17.0 Å². The zero-order chi connectivity index (χ0) is 9.35. The normalized spacial score (nSPS) is 12.3. The summed E-state index contributed by atoms with van der Waals surface area (Å²) < 4.78 is 21.5. The second-order valence-electron chi connectivity index (χ2n) is 2.63. The molecule has 1 aromatic heterocycles. The summed E-state index contributed by atoms with van der Waals surface area (Å²) in [6, 6.07) is 0. The van der Waals surface area contributed by atoms with Gasteiger partial charge in [-0.25, -0.2) is 13.4 Å². The van der Waals surface area contributed by atoms with Gasteiger partial charge >= 0.3 is 0 Å². The standard InChI is InChI=1S/C6H8ClNO2S2/c1-4(2)5-3-11-6(8-5)12(7,9)10/h3-4H,1-2H3. The molecule has 6 heteroatoms. The van der Waals surface area contributed by atoms with Gasteiger partial charge in [0.05, 0.1) is 5.69 Å². The monoisotopic (exact) mass is 225 g/mol. The lowest BCUT2D eigenvalue weighted by molar-refractivity contribution is 0.608. The Balaban J connectivity index is 3.09. The van der Waals surface area contributed by atoms with Crippen LogP contribution in [0.25, 0.3) is 0 Å². The first kappa shape index (κ1) is 9.95. The number of hydrogen-bond donors (Lipinski definition) is 0. The van der Waals surface area contributed by atoms with Crippen molar-refractivity contribution in [3.05, 3.63) is 11.1 Å². The third kappa shape index (κ3) is 2.18. The van der Waals surface area contributed by atoms with Gasteiger partial charge < -0.3 is 0 Å². The van der Waals surface area contributed by atoms with Crippen LogP contribution in [-0.4, -0.2) is 13.4 Å². The molecule has 68 valence electrons. The lowest BCUT2D eigenvalue weighted by Crippen LogP contribution is -1.92. The van der Waals surface area contributed by atoms with E-state index >= 15 is 0 Å². The van der Waals surface area contributed by atoms with E-state index < -0.39 is 9.05 Å². The highest BCUT2D eigenvalue weighted by Crippen LogP contribution is 2.23. The van der Waals surface area contributed by atoms with Crippen LogP contribution in [0.3, 0.4) is 0 Å². The van der Waals surface area contributed by atoms with Crippen LogP contribution in [0.2, 0.25) is 0 Å². The van der Waals surface area contributed by atoms with Gasteiger partial charge in [0, 0.05) is 16.1 Å². The maximum atomic E-state index is 10.8. The molecule has 0 fully saturated rings. The summed E-state index contributed by atoms with van der Waals surface area (Å²) in [6.45, 7) is 3.89. The fourth-order valence-electron chi connectivity index (χ4n) is 0.646. The second-order valence-corrected chi connectivity index (χ2v) is 6.23. The number of aromatic nitrogens is 1. The third-order valence-corrected chi connectivity index (χ3v) is 4.12. The molecule has 0 aliphatic rings. The second kappa shape index (κ2) is 3.32. The average Bonchev–Trinajstić information content (AvgIpc) is 2.30. The molecule has 0 aliphatic carbocycles. The van der Waals surface area contributed by atoms with Crippen molar-refractivity contribution in [2.75, 3.05) is 0 Å². The molecule has 3 nitrogen and oxygen atoms in total. The van der Waals surface area contributed by atoms with Gasteiger partial charge in [0.15, 0.2) is 0 Å². The molecule has 0 aliphatic heterocycles. The lowest BCUT2D eigenvalue weighted by Gasteiger charge is -1.95. The van der Waals surface area contributed by atoms with Crippen molar-refractivity contribution in [2.45, 2.75) is 24.1 Å².